The van der Waals surface area contributed by atoms with Gasteiger partial charge in [-0.25, -0.2) is 4.39 Å². The molecule has 0 N–H and O–H groups in total. The number of hydrogen-bond acceptors (Lipinski definition) is 3. The van der Waals surface area contributed by atoms with Gasteiger partial charge in [0.15, 0.2) is 0 Å². The summed E-state index contributed by atoms with van der Waals surface area (Å²) in [7, 11) is 2.05. The number of halogens is 1. The van der Waals surface area contributed by atoms with E-state index < -0.39 is 0 Å². The molecule has 5 heteroatoms. The SMILES string of the molecule is Cn1c(CN2CCC[C@H](OCc3ccccn3)C2)cc2cc(F)ccc21. The Bertz CT molecular complexity index is 878. The quantitative estimate of drug-likeness (QED) is 0.697. The Morgan fingerprint density at radius 3 is 3.00 bits per heavy atom. The molecular weight excluding hydrogens is 329 g/mol. The normalized spacial score (nSPS) is 18.5. The molecule has 2 aromatic heterocycles. The van der Waals surface area contributed by atoms with E-state index >= 15 is 0 Å². The zero-order chi connectivity index (χ0) is 17.9. The number of aromatic nitrogens is 2. The molecular formula is C21H24FN3O. The maximum atomic E-state index is 13.5. The smallest absolute Gasteiger partial charge is 0.123 e. The average molecular weight is 353 g/mol. The van der Waals surface area contributed by atoms with Crippen LogP contribution in [-0.2, 0) is 24.9 Å². The number of fused-ring (bicyclic) bond motifs is 1. The molecule has 0 aliphatic carbocycles. The number of pyridine rings is 1. The summed E-state index contributed by atoms with van der Waals surface area (Å²) in [6.45, 7) is 3.41. The second-order valence-electron chi connectivity index (χ2n) is 7.03. The highest BCUT2D eigenvalue weighted by Crippen LogP contribution is 2.23. The van der Waals surface area contributed by atoms with Crippen molar-refractivity contribution in [3.8, 4) is 0 Å². The lowest BCUT2D eigenvalue weighted by Crippen LogP contribution is -2.39. The summed E-state index contributed by atoms with van der Waals surface area (Å²) in [5, 5.41) is 0.961. The van der Waals surface area contributed by atoms with Crippen molar-refractivity contribution in [2.75, 3.05) is 13.1 Å². The summed E-state index contributed by atoms with van der Waals surface area (Å²) in [6.07, 6.45) is 4.25. The van der Waals surface area contributed by atoms with Gasteiger partial charge in [0.2, 0.25) is 0 Å². The Morgan fingerprint density at radius 1 is 1.23 bits per heavy atom. The van der Waals surface area contributed by atoms with E-state index in [-0.39, 0.29) is 11.9 Å². The zero-order valence-electron chi connectivity index (χ0n) is 15.1. The average Bonchev–Trinajstić information content (AvgIpc) is 2.96. The molecule has 1 aromatic carbocycles. The van der Waals surface area contributed by atoms with Crippen LogP contribution in [0.15, 0.2) is 48.7 Å². The van der Waals surface area contributed by atoms with Crippen LogP contribution in [0.25, 0.3) is 10.9 Å². The number of benzene rings is 1. The summed E-state index contributed by atoms with van der Waals surface area (Å²) in [5.41, 5.74) is 3.25. The molecule has 4 nitrogen and oxygen atoms in total. The minimum absolute atomic E-state index is 0.185. The molecule has 0 spiro atoms. The number of likely N-dealkylation sites (tertiary alicyclic amines) is 1. The lowest BCUT2D eigenvalue weighted by molar-refractivity contribution is -0.0136. The summed E-state index contributed by atoms with van der Waals surface area (Å²) < 4.78 is 21.7. The number of piperidine rings is 1. The van der Waals surface area contributed by atoms with Gasteiger partial charge in [-0.05, 0) is 55.8 Å². The highest BCUT2D eigenvalue weighted by molar-refractivity contribution is 5.81. The molecule has 0 unspecified atom stereocenters. The third-order valence-corrected chi connectivity index (χ3v) is 5.14. The lowest BCUT2D eigenvalue weighted by Gasteiger charge is -2.32. The van der Waals surface area contributed by atoms with Crippen LogP contribution in [0.5, 0.6) is 0 Å². The Balaban J connectivity index is 1.40. The van der Waals surface area contributed by atoms with E-state index in [9.17, 15) is 4.39 Å². The molecule has 0 radical (unpaired) electrons. The summed E-state index contributed by atoms with van der Waals surface area (Å²) in [5.74, 6) is -0.185. The fourth-order valence-corrected chi connectivity index (χ4v) is 3.74. The number of aryl methyl sites for hydroxylation is 1. The third-order valence-electron chi connectivity index (χ3n) is 5.14. The van der Waals surface area contributed by atoms with Crippen LogP contribution < -0.4 is 0 Å². The maximum Gasteiger partial charge on any atom is 0.123 e. The van der Waals surface area contributed by atoms with Gasteiger partial charge in [-0.1, -0.05) is 6.07 Å². The molecule has 4 rings (SSSR count). The van der Waals surface area contributed by atoms with Crippen LogP contribution >= 0.6 is 0 Å². The highest BCUT2D eigenvalue weighted by Gasteiger charge is 2.21. The standard InChI is InChI=1S/C21H24FN3O/c1-24-19(12-16-11-17(22)7-8-21(16)24)13-25-10-4-6-20(14-25)26-15-18-5-2-3-9-23-18/h2-3,5,7-9,11-12,20H,4,6,10,13-15H2,1H3/t20-/m0/s1. The molecule has 136 valence electrons. The number of hydrogen-bond donors (Lipinski definition) is 0. The minimum atomic E-state index is -0.185. The first kappa shape index (κ1) is 17.2. The fourth-order valence-electron chi connectivity index (χ4n) is 3.74. The molecule has 26 heavy (non-hydrogen) atoms. The van der Waals surface area contributed by atoms with Crippen LogP contribution in [-0.4, -0.2) is 33.6 Å². The van der Waals surface area contributed by atoms with Crippen LogP contribution in [0.1, 0.15) is 24.2 Å². The molecule has 1 atom stereocenters. The molecule has 1 aliphatic rings. The van der Waals surface area contributed by atoms with Crippen molar-refractivity contribution in [1.29, 1.82) is 0 Å². The molecule has 3 aromatic rings. The van der Waals surface area contributed by atoms with E-state index in [1.165, 1.54) is 11.8 Å². The second-order valence-corrected chi connectivity index (χ2v) is 7.03. The van der Waals surface area contributed by atoms with Crippen LogP contribution in [0.2, 0.25) is 0 Å². The van der Waals surface area contributed by atoms with E-state index in [0.717, 1.165) is 49.1 Å². The van der Waals surface area contributed by atoms with Gasteiger partial charge in [-0.15, -0.1) is 0 Å². The van der Waals surface area contributed by atoms with Crippen LogP contribution in [0.4, 0.5) is 4.39 Å². The summed E-state index contributed by atoms with van der Waals surface area (Å²) in [4.78, 5) is 6.75. The lowest BCUT2D eigenvalue weighted by atomic mass is 10.1. The monoisotopic (exact) mass is 353 g/mol. The first-order chi connectivity index (χ1) is 12.7. The van der Waals surface area contributed by atoms with Crippen molar-refractivity contribution < 1.29 is 9.13 Å². The van der Waals surface area contributed by atoms with Crippen molar-refractivity contribution in [2.45, 2.75) is 32.1 Å². The van der Waals surface area contributed by atoms with Gasteiger partial charge in [0.25, 0.3) is 0 Å². The van der Waals surface area contributed by atoms with E-state index in [1.54, 1.807) is 12.3 Å². The molecule has 1 aliphatic heterocycles. The number of nitrogens with zero attached hydrogens (tertiary/aromatic N) is 3. The van der Waals surface area contributed by atoms with Gasteiger partial charge < -0.3 is 9.30 Å². The van der Waals surface area contributed by atoms with E-state index in [2.05, 4.69) is 27.6 Å². The third kappa shape index (κ3) is 3.79. The predicted molar refractivity (Wildman–Crippen MR) is 100 cm³/mol. The van der Waals surface area contributed by atoms with Gasteiger partial charge in [0.05, 0.1) is 18.4 Å². The molecule has 1 fully saturated rings. The first-order valence-electron chi connectivity index (χ1n) is 9.17. The van der Waals surface area contributed by atoms with Crippen molar-refractivity contribution in [2.24, 2.45) is 7.05 Å². The number of rotatable bonds is 5. The van der Waals surface area contributed by atoms with Gasteiger partial charge in [-0.3, -0.25) is 9.88 Å². The second kappa shape index (κ2) is 7.56. The largest absolute Gasteiger partial charge is 0.371 e. The van der Waals surface area contributed by atoms with Crippen LogP contribution in [0.3, 0.4) is 0 Å². The number of ether oxygens (including phenoxy) is 1. The molecule has 0 amide bonds. The van der Waals surface area contributed by atoms with Gasteiger partial charge in [-0.2, -0.15) is 0 Å². The fraction of sp³-hybridized carbons (Fsp3) is 0.381. The van der Waals surface area contributed by atoms with E-state index in [4.69, 9.17) is 4.74 Å². The molecule has 0 saturated carbocycles. The minimum Gasteiger partial charge on any atom is -0.371 e. The first-order valence-corrected chi connectivity index (χ1v) is 9.17. The maximum absolute atomic E-state index is 13.5. The van der Waals surface area contributed by atoms with Gasteiger partial charge in [0, 0.05) is 42.9 Å². The van der Waals surface area contributed by atoms with E-state index in [0.29, 0.717) is 6.61 Å². The van der Waals surface area contributed by atoms with Crippen molar-refractivity contribution in [3.05, 3.63) is 65.9 Å². The Hall–Kier alpha value is -2.24. The molecule has 0 bridgehead atoms. The van der Waals surface area contributed by atoms with Gasteiger partial charge in [0.1, 0.15) is 5.82 Å². The predicted octanol–water partition coefficient (Wildman–Crippen LogP) is 3.89. The molecule has 1 saturated heterocycles. The van der Waals surface area contributed by atoms with Crippen molar-refractivity contribution in [1.82, 2.24) is 14.5 Å². The van der Waals surface area contributed by atoms with Crippen molar-refractivity contribution in [3.63, 3.8) is 0 Å². The van der Waals surface area contributed by atoms with Crippen molar-refractivity contribution >= 4 is 10.9 Å². The summed E-state index contributed by atoms with van der Waals surface area (Å²) in [6, 6.07) is 13.0. The zero-order valence-corrected chi connectivity index (χ0v) is 15.1. The molecule has 3 heterocycles. The van der Waals surface area contributed by atoms with Gasteiger partial charge >= 0.3 is 0 Å². The Labute approximate surface area is 153 Å². The van der Waals surface area contributed by atoms with E-state index in [1.807, 2.05) is 24.3 Å². The Kier molecular flexibility index (Phi) is 5.00. The van der Waals surface area contributed by atoms with Crippen LogP contribution in [0, 0.1) is 5.82 Å². The Morgan fingerprint density at radius 2 is 2.15 bits per heavy atom. The highest BCUT2D eigenvalue weighted by atomic mass is 19.1. The summed E-state index contributed by atoms with van der Waals surface area (Å²) >= 11 is 0. The topological polar surface area (TPSA) is 30.3 Å².